The smallest absolute Gasteiger partial charge is 0.157 e. The summed E-state index contributed by atoms with van der Waals surface area (Å²) in [6.07, 6.45) is 0.344. The third-order valence-electron chi connectivity index (χ3n) is 3.37. The Morgan fingerprint density at radius 1 is 1.05 bits per heavy atom. The first kappa shape index (κ1) is 11.9. The molecule has 1 atom stereocenters. The van der Waals surface area contributed by atoms with E-state index in [1.54, 1.807) is 0 Å². The van der Waals surface area contributed by atoms with Gasteiger partial charge in [0.2, 0.25) is 0 Å². The Hall–Kier alpha value is -2.13. The second kappa shape index (κ2) is 4.86. The van der Waals surface area contributed by atoms with E-state index < -0.39 is 6.04 Å². The lowest BCUT2D eigenvalue weighted by atomic mass is 9.98. The molecule has 2 aromatic carbocycles. The zero-order valence-corrected chi connectivity index (χ0v) is 10.5. The summed E-state index contributed by atoms with van der Waals surface area (Å²) in [6.45, 7) is 0.246. The van der Waals surface area contributed by atoms with Crippen molar-refractivity contribution in [2.45, 2.75) is 12.5 Å². The molecule has 0 fully saturated rings. The molecular formula is C16H15NO2. The minimum atomic E-state index is -0.531. The Balaban J connectivity index is 2.10. The molecular weight excluding hydrogens is 238 g/mol. The van der Waals surface area contributed by atoms with E-state index in [1.807, 2.05) is 48.5 Å². The highest BCUT2D eigenvalue weighted by molar-refractivity contribution is 5.88. The molecule has 0 aliphatic carbocycles. The maximum atomic E-state index is 11.8. The summed E-state index contributed by atoms with van der Waals surface area (Å²) in [6, 6.07) is 15.4. The summed E-state index contributed by atoms with van der Waals surface area (Å²) in [4.78, 5) is 11.8. The molecule has 1 aliphatic heterocycles. The molecule has 0 bridgehead atoms. The molecule has 0 amide bonds. The summed E-state index contributed by atoms with van der Waals surface area (Å²) >= 11 is 0. The molecule has 1 aliphatic rings. The van der Waals surface area contributed by atoms with Gasteiger partial charge in [-0.25, -0.2) is 0 Å². The SMILES string of the molecule is N[C@H]1COc2c(cccc2-c2ccccc2)CC1=O. The van der Waals surface area contributed by atoms with E-state index in [4.69, 9.17) is 10.5 Å². The van der Waals surface area contributed by atoms with Gasteiger partial charge in [0.1, 0.15) is 12.4 Å². The van der Waals surface area contributed by atoms with E-state index in [-0.39, 0.29) is 12.4 Å². The Kier molecular flexibility index (Phi) is 3.05. The van der Waals surface area contributed by atoms with E-state index >= 15 is 0 Å². The van der Waals surface area contributed by atoms with Crippen LogP contribution in [0.2, 0.25) is 0 Å². The number of ketones is 1. The Labute approximate surface area is 112 Å². The van der Waals surface area contributed by atoms with Crippen molar-refractivity contribution >= 4 is 5.78 Å². The van der Waals surface area contributed by atoms with Gasteiger partial charge < -0.3 is 10.5 Å². The van der Waals surface area contributed by atoms with Gasteiger partial charge in [0, 0.05) is 17.5 Å². The number of carbonyl (C=O) groups is 1. The summed E-state index contributed by atoms with van der Waals surface area (Å²) in [7, 11) is 0. The van der Waals surface area contributed by atoms with Crippen LogP contribution in [0.25, 0.3) is 11.1 Å². The van der Waals surface area contributed by atoms with Crippen LogP contribution in [0.15, 0.2) is 48.5 Å². The zero-order chi connectivity index (χ0) is 13.2. The summed E-state index contributed by atoms with van der Waals surface area (Å²) in [5, 5.41) is 0. The van der Waals surface area contributed by atoms with Crippen molar-refractivity contribution in [3.8, 4) is 16.9 Å². The highest BCUT2D eigenvalue weighted by Crippen LogP contribution is 2.34. The molecule has 2 N–H and O–H groups in total. The predicted octanol–water partition coefficient (Wildman–Crippen LogP) is 2.18. The normalized spacial score (nSPS) is 18.4. The average molecular weight is 253 g/mol. The van der Waals surface area contributed by atoms with Crippen LogP contribution < -0.4 is 10.5 Å². The van der Waals surface area contributed by atoms with Crippen LogP contribution in [0.1, 0.15) is 5.56 Å². The molecule has 3 heteroatoms. The third-order valence-corrected chi connectivity index (χ3v) is 3.37. The van der Waals surface area contributed by atoms with Crippen molar-refractivity contribution in [3.05, 3.63) is 54.1 Å². The average Bonchev–Trinajstić information content (AvgIpc) is 2.59. The van der Waals surface area contributed by atoms with Crippen LogP contribution in [0, 0.1) is 0 Å². The van der Waals surface area contributed by atoms with E-state index in [0.717, 1.165) is 22.4 Å². The Morgan fingerprint density at radius 2 is 1.84 bits per heavy atom. The van der Waals surface area contributed by atoms with Crippen LogP contribution in [0.4, 0.5) is 0 Å². The number of para-hydroxylation sites is 1. The second-order valence-corrected chi connectivity index (χ2v) is 4.72. The first-order chi connectivity index (χ1) is 9.25. The van der Waals surface area contributed by atoms with Crippen LogP contribution in [0.5, 0.6) is 5.75 Å². The highest BCUT2D eigenvalue weighted by Gasteiger charge is 2.23. The Bertz CT molecular complexity index is 607. The van der Waals surface area contributed by atoms with Crippen molar-refractivity contribution in [3.63, 3.8) is 0 Å². The summed E-state index contributed by atoms with van der Waals surface area (Å²) in [5.41, 5.74) is 8.79. The van der Waals surface area contributed by atoms with Crippen molar-refractivity contribution in [2.24, 2.45) is 5.73 Å². The quantitative estimate of drug-likeness (QED) is 0.847. The number of carbonyl (C=O) groups excluding carboxylic acids is 1. The molecule has 0 saturated carbocycles. The van der Waals surface area contributed by atoms with E-state index in [2.05, 4.69) is 0 Å². The molecule has 3 nitrogen and oxygen atoms in total. The van der Waals surface area contributed by atoms with E-state index in [9.17, 15) is 4.79 Å². The first-order valence-corrected chi connectivity index (χ1v) is 6.34. The number of rotatable bonds is 1. The van der Waals surface area contributed by atoms with E-state index in [0.29, 0.717) is 6.42 Å². The fourth-order valence-electron chi connectivity index (χ4n) is 2.32. The van der Waals surface area contributed by atoms with Gasteiger partial charge in [0.05, 0.1) is 6.04 Å². The van der Waals surface area contributed by atoms with Gasteiger partial charge in [0.15, 0.2) is 5.78 Å². The molecule has 3 rings (SSSR count). The summed E-state index contributed by atoms with van der Waals surface area (Å²) < 4.78 is 5.77. The number of hydrogen-bond donors (Lipinski definition) is 1. The maximum Gasteiger partial charge on any atom is 0.157 e. The largest absolute Gasteiger partial charge is 0.491 e. The second-order valence-electron chi connectivity index (χ2n) is 4.72. The highest BCUT2D eigenvalue weighted by atomic mass is 16.5. The van der Waals surface area contributed by atoms with Gasteiger partial charge >= 0.3 is 0 Å². The molecule has 19 heavy (non-hydrogen) atoms. The van der Waals surface area contributed by atoms with Crippen molar-refractivity contribution in [1.29, 1.82) is 0 Å². The lowest BCUT2D eigenvalue weighted by Crippen LogP contribution is -2.35. The third kappa shape index (κ3) is 2.25. The van der Waals surface area contributed by atoms with Crippen LogP contribution >= 0.6 is 0 Å². The van der Waals surface area contributed by atoms with Gasteiger partial charge in [-0.05, 0) is 5.56 Å². The predicted molar refractivity (Wildman–Crippen MR) is 74.1 cm³/mol. The lowest BCUT2D eigenvalue weighted by Gasteiger charge is -2.13. The maximum absolute atomic E-state index is 11.8. The van der Waals surface area contributed by atoms with Crippen molar-refractivity contribution in [1.82, 2.24) is 0 Å². The van der Waals surface area contributed by atoms with Crippen molar-refractivity contribution in [2.75, 3.05) is 6.61 Å². The number of benzene rings is 2. The van der Waals surface area contributed by atoms with Crippen LogP contribution in [0.3, 0.4) is 0 Å². The molecule has 0 aromatic heterocycles. The lowest BCUT2D eigenvalue weighted by molar-refractivity contribution is -0.119. The molecule has 0 spiro atoms. The van der Waals surface area contributed by atoms with Crippen molar-refractivity contribution < 1.29 is 9.53 Å². The number of hydrogen-bond acceptors (Lipinski definition) is 3. The fraction of sp³-hybridized carbons (Fsp3) is 0.188. The number of ether oxygens (including phenoxy) is 1. The van der Waals surface area contributed by atoms with Gasteiger partial charge in [-0.3, -0.25) is 4.79 Å². The molecule has 0 unspecified atom stereocenters. The van der Waals surface area contributed by atoms with Gasteiger partial charge in [-0.1, -0.05) is 48.5 Å². The molecule has 96 valence electrons. The topological polar surface area (TPSA) is 52.3 Å². The molecule has 0 radical (unpaired) electrons. The summed E-state index contributed by atoms with van der Waals surface area (Å²) in [5.74, 6) is 0.818. The van der Waals surface area contributed by atoms with Crippen LogP contribution in [-0.4, -0.2) is 18.4 Å². The van der Waals surface area contributed by atoms with Crippen LogP contribution in [-0.2, 0) is 11.2 Å². The van der Waals surface area contributed by atoms with E-state index in [1.165, 1.54) is 0 Å². The number of nitrogens with two attached hydrogens (primary N) is 1. The zero-order valence-electron chi connectivity index (χ0n) is 10.5. The Morgan fingerprint density at radius 3 is 2.63 bits per heavy atom. The number of Topliss-reactive ketones (excluding diaryl/α,β-unsaturated/α-hetero) is 1. The fourth-order valence-corrected chi connectivity index (χ4v) is 2.32. The van der Waals surface area contributed by atoms with Gasteiger partial charge in [-0.15, -0.1) is 0 Å². The molecule has 0 saturated heterocycles. The molecule has 2 aromatic rings. The molecule has 1 heterocycles. The minimum Gasteiger partial charge on any atom is -0.491 e. The van der Waals surface area contributed by atoms with Gasteiger partial charge in [0.25, 0.3) is 0 Å². The monoisotopic (exact) mass is 253 g/mol. The first-order valence-electron chi connectivity index (χ1n) is 6.34. The van der Waals surface area contributed by atoms with Gasteiger partial charge in [-0.2, -0.15) is 0 Å². The number of fused-ring (bicyclic) bond motifs is 1. The standard InChI is InChI=1S/C16H15NO2/c17-14-10-19-16-12(9-15(14)18)7-4-8-13(16)11-5-2-1-3-6-11/h1-8,14H,9-10,17H2/t14-/m0/s1. The minimum absolute atomic E-state index is 0.0314.